The number of nitrogen functional groups attached to an aromatic ring is 1. The third-order valence-corrected chi connectivity index (χ3v) is 2.74. The Hall–Kier alpha value is -2.30. The lowest BCUT2D eigenvalue weighted by atomic mass is 10.0. The molecule has 0 aliphatic heterocycles. The highest BCUT2D eigenvalue weighted by Gasteiger charge is 2.11. The largest absolute Gasteiger partial charge is 0.465 e. The molecule has 0 aliphatic carbocycles. The number of carbonyl (C=O) groups is 1. The van der Waals surface area contributed by atoms with Crippen LogP contribution < -0.4 is 5.73 Å². The van der Waals surface area contributed by atoms with Gasteiger partial charge in [-0.05, 0) is 25.1 Å². The van der Waals surface area contributed by atoms with Gasteiger partial charge in [0.1, 0.15) is 0 Å². The third kappa shape index (κ3) is 2.20. The average molecular weight is 245 g/mol. The number of rotatable bonds is 3. The van der Waals surface area contributed by atoms with E-state index in [-0.39, 0.29) is 5.97 Å². The van der Waals surface area contributed by atoms with E-state index in [0.717, 1.165) is 17.7 Å². The molecule has 0 aliphatic rings. The molecule has 0 bridgehead atoms. The zero-order valence-electron chi connectivity index (χ0n) is 10.4. The summed E-state index contributed by atoms with van der Waals surface area (Å²) in [5.74, 6) is -0.376. The first-order chi connectivity index (χ1) is 8.65. The number of ether oxygens (including phenoxy) is 1. The molecule has 0 saturated heterocycles. The maximum Gasteiger partial charge on any atom is 0.337 e. The highest BCUT2D eigenvalue weighted by Crippen LogP contribution is 2.26. The van der Waals surface area contributed by atoms with Gasteiger partial charge in [0.25, 0.3) is 0 Å². The summed E-state index contributed by atoms with van der Waals surface area (Å²) in [6.45, 7) is 2.79. The quantitative estimate of drug-likeness (QED) is 0.662. The van der Waals surface area contributed by atoms with Crippen molar-refractivity contribution >= 4 is 11.7 Å². The average Bonchev–Trinajstić information content (AvgIpc) is 2.87. The summed E-state index contributed by atoms with van der Waals surface area (Å²) < 4.78 is 6.50. The summed E-state index contributed by atoms with van der Waals surface area (Å²) in [7, 11) is 1.35. The summed E-state index contributed by atoms with van der Waals surface area (Å²) in [5.41, 5.74) is 8.69. The van der Waals surface area contributed by atoms with Gasteiger partial charge in [-0.25, -0.2) is 4.79 Å². The monoisotopic (exact) mass is 245 g/mol. The van der Waals surface area contributed by atoms with Gasteiger partial charge in [-0.15, -0.1) is 0 Å². The van der Waals surface area contributed by atoms with Crippen molar-refractivity contribution in [2.24, 2.45) is 0 Å². The fourth-order valence-corrected chi connectivity index (χ4v) is 1.73. The van der Waals surface area contributed by atoms with E-state index in [4.69, 9.17) is 10.5 Å². The molecule has 0 spiro atoms. The van der Waals surface area contributed by atoms with E-state index in [1.165, 1.54) is 7.11 Å². The number of aromatic nitrogens is 2. The third-order valence-electron chi connectivity index (χ3n) is 2.74. The zero-order valence-corrected chi connectivity index (χ0v) is 10.4. The topological polar surface area (TPSA) is 70.1 Å². The van der Waals surface area contributed by atoms with Crippen LogP contribution in [0.1, 0.15) is 17.3 Å². The second-order valence-electron chi connectivity index (χ2n) is 3.88. The molecule has 0 amide bonds. The molecule has 0 saturated carbocycles. The van der Waals surface area contributed by atoms with Gasteiger partial charge in [0.15, 0.2) is 0 Å². The van der Waals surface area contributed by atoms with Crippen molar-refractivity contribution in [2.45, 2.75) is 13.5 Å². The Labute approximate surface area is 105 Å². The van der Waals surface area contributed by atoms with E-state index in [1.807, 2.05) is 13.1 Å². The number of benzene rings is 1. The Balaban J connectivity index is 2.45. The zero-order chi connectivity index (χ0) is 13.1. The maximum atomic E-state index is 11.5. The first-order valence-corrected chi connectivity index (χ1v) is 5.66. The molecule has 0 radical (unpaired) electrons. The molecule has 1 aromatic carbocycles. The number of nitrogens with zero attached hydrogens (tertiary/aromatic N) is 2. The second kappa shape index (κ2) is 4.91. The Morgan fingerprint density at radius 3 is 2.89 bits per heavy atom. The normalized spacial score (nSPS) is 10.3. The molecule has 0 unspecified atom stereocenters. The molecular formula is C13H15N3O2. The van der Waals surface area contributed by atoms with Gasteiger partial charge in [-0.2, -0.15) is 5.10 Å². The first kappa shape index (κ1) is 12.2. The van der Waals surface area contributed by atoms with Crippen molar-refractivity contribution in [3.05, 3.63) is 36.2 Å². The minimum absolute atomic E-state index is 0.376. The molecule has 2 N–H and O–H groups in total. The van der Waals surface area contributed by atoms with Crippen LogP contribution in [0.4, 0.5) is 5.69 Å². The van der Waals surface area contributed by atoms with Crippen molar-refractivity contribution in [2.75, 3.05) is 12.8 Å². The molecular weight excluding hydrogens is 230 g/mol. The van der Waals surface area contributed by atoms with Crippen LogP contribution >= 0.6 is 0 Å². The van der Waals surface area contributed by atoms with Gasteiger partial charge in [0.2, 0.25) is 0 Å². The minimum Gasteiger partial charge on any atom is -0.465 e. The predicted octanol–water partition coefficient (Wildman–Crippen LogP) is 1.94. The second-order valence-corrected chi connectivity index (χ2v) is 3.88. The molecule has 0 atom stereocenters. The number of anilines is 1. The summed E-state index contributed by atoms with van der Waals surface area (Å²) in [6.07, 6.45) is 3.63. The molecule has 5 heteroatoms. The van der Waals surface area contributed by atoms with E-state index in [9.17, 15) is 4.79 Å². The van der Waals surface area contributed by atoms with Crippen molar-refractivity contribution in [3.8, 4) is 11.1 Å². The minimum atomic E-state index is -0.376. The van der Waals surface area contributed by atoms with Gasteiger partial charge < -0.3 is 10.5 Å². The lowest BCUT2D eigenvalue weighted by molar-refractivity contribution is 0.0601. The predicted molar refractivity (Wildman–Crippen MR) is 69.1 cm³/mol. The number of aryl methyl sites for hydroxylation is 1. The number of hydrogen-bond acceptors (Lipinski definition) is 4. The van der Waals surface area contributed by atoms with Crippen LogP contribution in [-0.2, 0) is 11.3 Å². The molecule has 1 aromatic heterocycles. The van der Waals surface area contributed by atoms with Crippen LogP contribution in [0.15, 0.2) is 30.6 Å². The number of carbonyl (C=O) groups excluding carboxylic acids is 1. The number of nitrogens with two attached hydrogens (primary N) is 1. The number of hydrogen-bond donors (Lipinski definition) is 1. The fraction of sp³-hybridized carbons (Fsp3) is 0.231. The van der Waals surface area contributed by atoms with E-state index < -0.39 is 0 Å². The van der Waals surface area contributed by atoms with Crippen LogP contribution in [0.25, 0.3) is 11.1 Å². The van der Waals surface area contributed by atoms with Crippen LogP contribution in [0.2, 0.25) is 0 Å². The Kier molecular flexibility index (Phi) is 3.32. The molecule has 18 heavy (non-hydrogen) atoms. The highest BCUT2D eigenvalue weighted by molar-refractivity contribution is 5.92. The van der Waals surface area contributed by atoms with Crippen LogP contribution in [0, 0.1) is 0 Å². The van der Waals surface area contributed by atoms with E-state index >= 15 is 0 Å². The number of esters is 1. The summed E-state index contributed by atoms with van der Waals surface area (Å²) >= 11 is 0. The van der Waals surface area contributed by atoms with Gasteiger partial charge in [-0.1, -0.05) is 0 Å². The van der Waals surface area contributed by atoms with Crippen molar-refractivity contribution in [3.63, 3.8) is 0 Å². The van der Waals surface area contributed by atoms with Gasteiger partial charge in [0.05, 0.1) is 18.9 Å². The SMILES string of the molecule is CCn1cc(-c2cc(C(=O)OC)ccc2N)cn1. The van der Waals surface area contributed by atoms with Gasteiger partial charge in [-0.3, -0.25) is 4.68 Å². The summed E-state index contributed by atoms with van der Waals surface area (Å²) in [6, 6.07) is 5.07. The Morgan fingerprint density at radius 1 is 1.50 bits per heavy atom. The standard InChI is InChI=1S/C13H15N3O2/c1-3-16-8-10(7-15-16)11-6-9(13(17)18-2)4-5-12(11)14/h4-8H,3,14H2,1-2H3. The van der Waals surface area contributed by atoms with Crippen LogP contribution in [-0.4, -0.2) is 22.9 Å². The van der Waals surface area contributed by atoms with Crippen molar-refractivity contribution < 1.29 is 9.53 Å². The molecule has 0 fully saturated rings. The Bertz CT molecular complexity index is 575. The lowest BCUT2D eigenvalue weighted by Crippen LogP contribution is -2.02. The lowest BCUT2D eigenvalue weighted by Gasteiger charge is -2.05. The highest BCUT2D eigenvalue weighted by atomic mass is 16.5. The van der Waals surface area contributed by atoms with Gasteiger partial charge >= 0.3 is 5.97 Å². The summed E-state index contributed by atoms with van der Waals surface area (Å²) in [5, 5.41) is 4.19. The summed E-state index contributed by atoms with van der Waals surface area (Å²) in [4.78, 5) is 11.5. The molecule has 5 nitrogen and oxygen atoms in total. The van der Waals surface area contributed by atoms with Crippen LogP contribution in [0.5, 0.6) is 0 Å². The van der Waals surface area contributed by atoms with E-state index in [0.29, 0.717) is 11.3 Å². The van der Waals surface area contributed by atoms with E-state index in [2.05, 4.69) is 5.10 Å². The molecule has 94 valence electrons. The number of methoxy groups -OCH3 is 1. The molecule has 1 heterocycles. The van der Waals surface area contributed by atoms with Crippen molar-refractivity contribution in [1.82, 2.24) is 9.78 Å². The van der Waals surface area contributed by atoms with Gasteiger partial charge in [0, 0.05) is 29.6 Å². The molecule has 2 aromatic rings. The fourth-order valence-electron chi connectivity index (χ4n) is 1.73. The molecule has 2 rings (SSSR count). The van der Waals surface area contributed by atoms with Crippen LogP contribution in [0.3, 0.4) is 0 Å². The Morgan fingerprint density at radius 2 is 2.28 bits per heavy atom. The van der Waals surface area contributed by atoms with Crippen molar-refractivity contribution in [1.29, 1.82) is 0 Å². The maximum absolute atomic E-state index is 11.5. The first-order valence-electron chi connectivity index (χ1n) is 5.66. The smallest absolute Gasteiger partial charge is 0.337 e. The van der Waals surface area contributed by atoms with E-state index in [1.54, 1.807) is 29.1 Å².